The van der Waals surface area contributed by atoms with Gasteiger partial charge in [-0.25, -0.2) is 0 Å². The van der Waals surface area contributed by atoms with Gasteiger partial charge in [-0.05, 0) is 77.6 Å². The fourth-order valence-electron chi connectivity index (χ4n) is 4.52. The predicted molar refractivity (Wildman–Crippen MR) is 142 cm³/mol. The number of carbonyl (C=O) groups excluding carboxylic acids is 1. The maximum absolute atomic E-state index is 13.3. The van der Waals surface area contributed by atoms with Crippen molar-refractivity contribution in [1.82, 2.24) is 24.6 Å². The number of aromatic nitrogens is 4. The molecule has 0 aliphatic heterocycles. The summed E-state index contributed by atoms with van der Waals surface area (Å²) in [4.78, 5) is 13.3. The van der Waals surface area contributed by atoms with Gasteiger partial charge in [0.15, 0.2) is 0 Å². The Morgan fingerprint density at radius 2 is 1.89 bits per heavy atom. The van der Waals surface area contributed by atoms with Crippen LogP contribution in [0.3, 0.4) is 0 Å². The van der Waals surface area contributed by atoms with Crippen LogP contribution in [-0.4, -0.2) is 25.2 Å². The lowest BCUT2D eigenvalue weighted by Crippen LogP contribution is -2.24. The van der Waals surface area contributed by atoms with Crippen LogP contribution in [0.1, 0.15) is 32.6 Å². The first kappa shape index (κ1) is 23.6. The van der Waals surface area contributed by atoms with Gasteiger partial charge in [-0.1, -0.05) is 29.8 Å². The van der Waals surface area contributed by atoms with Crippen LogP contribution >= 0.6 is 11.6 Å². The number of hydrogen-bond acceptors (Lipinski definition) is 3. The highest BCUT2D eigenvalue weighted by Crippen LogP contribution is 2.32. The lowest BCUT2D eigenvalue weighted by Gasteiger charge is -2.14. The van der Waals surface area contributed by atoms with Crippen molar-refractivity contribution in [2.75, 3.05) is 0 Å². The second-order valence-electron chi connectivity index (χ2n) is 9.13. The highest BCUT2D eigenvalue weighted by molar-refractivity contribution is 6.31. The first-order chi connectivity index (χ1) is 17.3. The average molecular weight is 499 g/mol. The number of benzene rings is 3. The van der Waals surface area contributed by atoms with Gasteiger partial charge in [0.25, 0.3) is 5.91 Å². The number of carbonyl (C=O) groups is 1. The van der Waals surface area contributed by atoms with Crippen molar-refractivity contribution in [3.63, 3.8) is 0 Å². The fraction of sp³-hybridized carbons (Fsp3) is 0.179. The molecule has 2 aromatic heterocycles. The molecule has 5 rings (SSSR count). The largest absolute Gasteiger partial charge is 0.348 e. The summed E-state index contributed by atoms with van der Waals surface area (Å²) in [6, 6.07) is 15.7. The molecule has 0 fully saturated rings. The second-order valence-corrected chi connectivity index (χ2v) is 9.54. The molecule has 0 atom stereocenters. The quantitative estimate of drug-likeness (QED) is 0.304. The van der Waals surface area contributed by atoms with Crippen LogP contribution in [0, 0.1) is 19.3 Å². The number of imidazole rings is 1. The molecular weight excluding hydrogens is 472 g/mol. The lowest BCUT2D eigenvalue weighted by atomic mass is 9.93. The lowest BCUT2D eigenvalue weighted by molar-refractivity contribution is 0.0951. The fourth-order valence-corrected chi connectivity index (χ4v) is 4.64. The average Bonchev–Trinajstić information content (AvgIpc) is 3.46. The molecule has 0 saturated heterocycles. The minimum Gasteiger partial charge on any atom is -0.348 e. The number of aromatic amines is 1. The summed E-state index contributed by atoms with van der Waals surface area (Å²) in [5.41, 5.74) is 7.86. The molecule has 0 saturated carbocycles. The Bertz CT molecular complexity index is 1660. The molecule has 1 amide bonds. The van der Waals surface area contributed by atoms with E-state index < -0.39 is 0 Å². The van der Waals surface area contributed by atoms with Crippen molar-refractivity contribution < 1.29 is 4.79 Å². The molecule has 0 radical (unpaired) electrons. The van der Waals surface area contributed by atoms with Gasteiger partial charge in [0.2, 0.25) is 5.62 Å². The van der Waals surface area contributed by atoms with E-state index in [0.717, 1.165) is 44.3 Å². The van der Waals surface area contributed by atoms with Crippen molar-refractivity contribution in [3.8, 4) is 11.1 Å². The molecule has 3 N–H and O–H groups in total. The number of rotatable bonds is 6. The smallest absolute Gasteiger partial charge is 0.251 e. The van der Waals surface area contributed by atoms with Gasteiger partial charge in [-0.3, -0.25) is 15.3 Å². The van der Waals surface area contributed by atoms with Crippen molar-refractivity contribution in [2.45, 2.75) is 26.9 Å². The summed E-state index contributed by atoms with van der Waals surface area (Å²) in [6.07, 6.45) is 5.55. The van der Waals surface area contributed by atoms with E-state index in [1.807, 2.05) is 73.5 Å². The zero-order chi connectivity index (χ0) is 25.4. The van der Waals surface area contributed by atoms with Gasteiger partial charge in [-0.2, -0.15) is 5.10 Å². The molecule has 0 bridgehead atoms. The number of nitrogens with one attached hydrogen (secondary N) is 3. The highest BCUT2D eigenvalue weighted by Gasteiger charge is 2.15. The molecule has 182 valence electrons. The van der Waals surface area contributed by atoms with E-state index >= 15 is 0 Å². The number of fused-ring (bicyclic) bond motifs is 1. The van der Waals surface area contributed by atoms with Gasteiger partial charge in [-0.15, -0.1) is 0 Å². The first-order valence-corrected chi connectivity index (χ1v) is 12.0. The monoisotopic (exact) mass is 498 g/mol. The summed E-state index contributed by atoms with van der Waals surface area (Å²) >= 11 is 6.15. The predicted octanol–water partition coefficient (Wildman–Crippen LogP) is 5.10. The maximum atomic E-state index is 13.3. The summed E-state index contributed by atoms with van der Waals surface area (Å²) in [5, 5.41) is 20.3. The van der Waals surface area contributed by atoms with Crippen molar-refractivity contribution in [1.29, 1.82) is 5.41 Å². The van der Waals surface area contributed by atoms with Crippen LogP contribution < -0.4 is 10.9 Å². The summed E-state index contributed by atoms with van der Waals surface area (Å²) in [7, 11) is 1.84. The maximum Gasteiger partial charge on any atom is 0.251 e. The van der Waals surface area contributed by atoms with Crippen LogP contribution in [0.15, 0.2) is 67.1 Å². The third-order valence-corrected chi connectivity index (χ3v) is 6.90. The molecule has 0 spiro atoms. The number of amides is 1. The number of nitrogens with zero attached hydrogens (tertiary/aromatic N) is 3. The Balaban J connectivity index is 1.54. The molecule has 0 aliphatic carbocycles. The van der Waals surface area contributed by atoms with Crippen LogP contribution in [0.2, 0.25) is 5.02 Å². The first-order valence-electron chi connectivity index (χ1n) is 11.7. The van der Waals surface area contributed by atoms with E-state index in [9.17, 15) is 4.79 Å². The molecule has 2 heterocycles. The minimum atomic E-state index is -0.160. The van der Waals surface area contributed by atoms with Gasteiger partial charge < -0.3 is 14.5 Å². The second kappa shape index (κ2) is 9.51. The summed E-state index contributed by atoms with van der Waals surface area (Å²) in [5.74, 6) is -0.160. The van der Waals surface area contributed by atoms with E-state index in [0.29, 0.717) is 29.3 Å². The van der Waals surface area contributed by atoms with Crippen LogP contribution in [0.4, 0.5) is 0 Å². The van der Waals surface area contributed by atoms with Crippen molar-refractivity contribution in [3.05, 3.63) is 106 Å². The van der Waals surface area contributed by atoms with E-state index in [2.05, 4.69) is 34.6 Å². The topological polar surface area (TPSA) is 91.5 Å². The molecule has 8 heteroatoms. The Labute approximate surface area is 213 Å². The number of halogens is 1. The normalized spacial score (nSPS) is 11.2. The van der Waals surface area contributed by atoms with Gasteiger partial charge in [0.1, 0.15) is 0 Å². The van der Waals surface area contributed by atoms with Crippen LogP contribution in [-0.2, 0) is 20.1 Å². The minimum absolute atomic E-state index is 0.160. The molecule has 5 aromatic rings. The van der Waals surface area contributed by atoms with Crippen LogP contribution in [0.5, 0.6) is 0 Å². The molecule has 36 heavy (non-hydrogen) atoms. The van der Waals surface area contributed by atoms with Gasteiger partial charge in [0, 0.05) is 42.0 Å². The number of aryl methyl sites for hydroxylation is 3. The third kappa shape index (κ3) is 4.57. The standard InChI is InChI=1S/C28H27ClN6O/c1-17-4-7-25-23(15-32-33-25)26(17)21-11-20(16-35-9-8-34(3)28(35)30)12-22(13-21)27(36)31-14-19-5-6-24(29)18(2)10-19/h4-13,15,30H,14,16H2,1-3H3,(H,31,36)(H,32,33). The van der Waals surface area contributed by atoms with Crippen molar-refractivity contribution in [2.24, 2.45) is 7.05 Å². The Kier molecular flexibility index (Phi) is 6.24. The van der Waals surface area contributed by atoms with E-state index in [4.69, 9.17) is 17.0 Å². The molecule has 0 unspecified atom stereocenters. The molecule has 0 aliphatic rings. The SMILES string of the molecule is Cc1cc(CNC(=O)c2cc(Cn3ccn(C)c3=N)cc(-c3c(C)ccc4[nH]ncc34)c2)ccc1Cl. The highest BCUT2D eigenvalue weighted by atomic mass is 35.5. The third-order valence-electron chi connectivity index (χ3n) is 6.48. The summed E-state index contributed by atoms with van der Waals surface area (Å²) < 4.78 is 3.60. The summed E-state index contributed by atoms with van der Waals surface area (Å²) in [6.45, 7) is 4.89. The Hall–Kier alpha value is -4.10. The van der Waals surface area contributed by atoms with Gasteiger partial charge >= 0.3 is 0 Å². The van der Waals surface area contributed by atoms with Crippen molar-refractivity contribution >= 4 is 28.4 Å². The number of hydrogen-bond donors (Lipinski definition) is 3. The van der Waals surface area contributed by atoms with Crippen LogP contribution in [0.25, 0.3) is 22.0 Å². The molecule has 3 aromatic carbocycles. The van der Waals surface area contributed by atoms with E-state index in [-0.39, 0.29) is 5.91 Å². The zero-order valence-corrected chi connectivity index (χ0v) is 21.1. The van der Waals surface area contributed by atoms with E-state index in [1.54, 1.807) is 4.57 Å². The Morgan fingerprint density at radius 3 is 2.64 bits per heavy atom. The van der Waals surface area contributed by atoms with E-state index in [1.165, 1.54) is 0 Å². The molecular formula is C28H27ClN6O. The molecule has 7 nitrogen and oxygen atoms in total. The zero-order valence-electron chi connectivity index (χ0n) is 20.4. The van der Waals surface area contributed by atoms with Gasteiger partial charge in [0.05, 0.1) is 18.3 Å². The number of H-pyrrole nitrogens is 1. The Morgan fingerprint density at radius 1 is 1.06 bits per heavy atom.